The predicted octanol–water partition coefficient (Wildman–Crippen LogP) is 5.17. The van der Waals surface area contributed by atoms with E-state index in [1.165, 1.54) is 23.9 Å². The maximum absolute atomic E-state index is 13.6. The summed E-state index contributed by atoms with van der Waals surface area (Å²) in [5, 5.41) is 6.70. The summed E-state index contributed by atoms with van der Waals surface area (Å²) in [7, 11) is 1.48. The molecule has 3 heterocycles. The summed E-state index contributed by atoms with van der Waals surface area (Å²) in [6.07, 6.45) is -4.80. The van der Waals surface area contributed by atoms with Crippen LogP contribution in [0, 0.1) is 12.7 Å². The Hall–Kier alpha value is -3.51. The number of hydrogen-bond acceptors (Lipinski definition) is 5. The summed E-state index contributed by atoms with van der Waals surface area (Å²) < 4.78 is 55.4. The molecule has 0 radical (unpaired) electrons. The van der Waals surface area contributed by atoms with Crippen molar-refractivity contribution in [2.75, 3.05) is 5.32 Å². The summed E-state index contributed by atoms with van der Waals surface area (Å²) in [6.45, 7) is 1.59. The van der Waals surface area contributed by atoms with E-state index in [4.69, 9.17) is 17.3 Å². The highest BCUT2D eigenvalue weighted by Gasteiger charge is 2.35. The standard InChI is InChI=1S/C21H14ClF4N5O2S/c1-8-14(22)16(31(2)30-8)19(33)29-15-13-11(9-3-5-10(23)6-4-9)7-12(21(24,25)26)28-20(13)34-17(15)18(27)32/h3-7H,1-2H3,(H2,27,32)(H,29,33). The highest BCUT2D eigenvalue weighted by atomic mass is 35.5. The van der Waals surface area contributed by atoms with E-state index in [0.29, 0.717) is 17.0 Å². The van der Waals surface area contributed by atoms with Crippen molar-refractivity contribution < 1.29 is 27.2 Å². The molecular formula is C21H14ClF4N5O2S. The average Bonchev–Trinajstić information content (AvgIpc) is 3.23. The second-order valence-corrected chi connectivity index (χ2v) is 8.61. The van der Waals surface area contributed by atoms with Gasteiger partial charge in [-0.3, -0.25) is 14.3 Å². The lowest BCUT2D eigenvalue weighted by Gasteiger charge is -2.12. The maximum Gasteiger partial charge on any atom is 0.433 e. The minimum absolute atomic E-state index is 0.0244. The van der Waals surface area contributed by atoms with Gasteiger partial charge < -0.3 is 11.1 Å². The van der Waals surface area contributed by atoms with Crippen molar-refractivity contribution in [3.8, 4) is 11.1 Å². The molecule has 176 valence electrons. The Balaban J connectivity index is 2.00. The summed E-state index contributed by atoms with van der Waals surface area (Å²) >= 11 is 6.77. The molecule has 0 aliphatic carbocycles. The number of pyridine rings is 1. The smallest absolute Gasteiger partial charge is 0.365 e. The first kappa shape index (κ1) is 23.6. The molecule has 0 saturated carbocycles. The van der Waals surface area contributed by atoms with Gasteiger partial charge in [-0.05, 0) is 36.2 Å². The number of nitrogens with zero attached hydrogens (tertiary/aromatic N) is 3. The van der Waals surface area contributed by atoms with Crippen molar-refractivity contribution in [1.29, 1.82) is 0 Å². The van der Waals surface area contributed by atoms with E-state index in [2.05, 4.69) is 15.4 Å². The number of nitrogens with one attached hydrogen (secondary N) is 1. The molecule has 0 fully saturated rings. The fraction of sp³-hybridized carbons (Fsp3) is 0.143. The number of anilines is 1. The second-order valence-electron chi connectivity index (χ2n) is 7.24. The fourth-order valence-corrected chi connectivity index (χ4v) is 4.70. The van der Waals surface area contributed by atoms with Crippen LogP contribution in [0.2, 0.25) is 5.02 Å². The zero-order chi connectivity index (χ0) is 24.9. The van der Waals surface area contributed by atoms with Crippen molar-refractivity contribution >= 4 is 50.7 Å². The third-order valence-electron chi connectivity index (χ3n) is 4.93. The number of aryl methyl sites for hydroxylation is 2. The number of fused-ring (bicyclic) bond motifs is 1. The summed E-state index contributed by atoms with van der Waals surface area (Å²) in [5.74, 6) is -2.34. The van der Waals surface area contributed by atoms with E-state index in [1.54, 1.807) is 6.92 Å². The molecule has 0 atom stereocenters. The Bertz CT molecular complexity index is 1460. The van der Waals surface area contributed by atoms with Gasteiger partial charge in [0.2, 0.25) is 0 Å². The molecule has 3 aromatic heterocycles. The number of benzene rings is 1. The van der Waals surface area contributed by atoms with Crippen LogP contribution in [0.1, 0.15) is 31.5 Å². The average molecular weight is 512 g/mol. The molecule has 0 bridgehead atoms. The number of amides is 2. The Labute approximate surface area is 198 Å². The first-order chi connectivity index (χ1) is 15.9. The molecule has 1 aromatic carbocycles. The lowest BCUT2D eigenvalue weighted by molar-refractivity contribution is -0.140. The van der Waals surface area contributed by atoms with Crippen molar-refractivity contribution in [2.24, 2.45) is 12.8 Å². The second kappa shape index (κ2) is 8.37. The lowest BCUT2D eigenvalue weighted by Crippen LogP contribution is -2.19. The van der Waals surface area contributed by atoms with Crippen LogP contribution in [-0.2, 0) is 13.2 Å². The molecule has 0 aliphatic heterocycles. The van der Waals surface area contributed by atoms with Crippen LogP contribution in [0.5, 0.6) is 0 Å². The van der Waals surface area contributed by atoms with Crippen molar-refractivity contribution in [3.05, 3.63) is 63.1 Å². The molecule has 4 rings (SSSR count). The Kier molecular flexibility index (Phi) is 5.82. The van der Waals surface area contributed by atoms with Crippen molar-refractivity contribution in [2.45, 2.75) is 13.1 Å². The number of alkyl halides is 3. The zero-order valence-corrected chi connectivity index (χ0v) is 19.0. The fourth-order valence-electron chi connectivity index (χ4n) is 3.45. The molecule has 0 spiro atoms. The number of hydrogen-bond donors (Lipinski definition) is 2. The summed E-state index contributed by atoms with van der Waals surface area (Å²) in [5.41, 5.74) is 4.64. The van der Waals surface area contributed by atoms with Gasteiger partial charge in [0.05, 0.1) is 16.4 Å². The zero-order valence-electron chi connectivity index (χ0n) is 17.4. The molecular weight excluding hydrogens is 498 g/mol. The predicted molar refractivity (Wildman–Crippen MR) is 119 cm³/mol. The van der Waals surface area contributed by atoms with Crippen LogP contribution in [0.25, 0.3) is 21.3 Å². The maximum atomic E-state index is 13.6. The number of rotatable bonds is 4. The minimum Gasteiger partial charge on any atom is -0.365 e. The van der Waals surface area contributed by atoms with Gasteiger partial charge in [0, 0.05) is 12.4 Å². The normalized spacial score (nSPS) is 11.7. The quantitative estimate of drug-likeness (QED) is 0.369. The van der Waals surface area contributed by atoms with Gasteiger partial charge in [-0.15, -0.1) is 11.3 Å². The highest BCUT2D eigenvalue weighted by Crippen LogP contribution is 2.44. The number of nitrogens with two attached hydrogens (primary N) is 1. The van der Waals surface area contributed by atoms with E-state index in [-0.39, 0.29) is 42.6 Å². The largest absolute Gasteiger partial charge is 0.433 e. The molecule has 0 unspecified atom stereocenters. The molecule has 4 aromatic rings. The van der Waals surface area contributed by atoms with Crippen LogP contribution in [0.15, 0.2) is 30.3 Å². The number of aromatic nitrogens is 3. The third-order valence-corrected chi connectivity index (χ3v) is 6.48. The SMILES string of the molecule is Cc1nn(C)c(C(=O)Nc2c(C(N)=O)sc3nc(C(F)(F)F)cc(-c4ccc(F)cc4)c23)c1Cl. The first-order valence-corrected chi connectivity index (χ1v) is 10.7. The van der Waals surface area contributed by atoms with Gasteiger partial charge in [0.15, 0.2) is 0 Å². The minimum atomic E-state index is -4.80. The van der Waals surface area contributed by atoms with Crippen LogP contribution in [0.3, 0.4) is 0 Å². The van der Waals surface area contributed by atoms with Crippen LogP contribution in [0.4, 0.5) is 23.2 Å². The van der Waals surface area contributed by atoms with Crippen LogP contribution < -0.4 is 11.1 Å². The van der Waals surface area contributed by atoms with E-state index in [9.17, 15) is 27.2 Å². The molecule has 13 heteroatoms. The third kappa shape index (κ3) is 4.10. The van der Waals surface area contributed by atoms with Crippen LogP contribution in [-0.4, -0.2) is 26.6 Å². The topological polar surface area (TPSA) is 103 Å². The molecule has 3 N–H and O–H groups in total. The number of thiophene rings is 1. The summed E-state index contributed by atoms with van der Waals surface area (Å²) in [4.78, 5) is 28.5. The molecule has 0 saturated heterocycles. The Morgan fingerprint density at radius 3 is 2.38 bits per heavy atom. The molecule has 34 heavy (non-hydrogen) atoms. The van der Waals surface area contributed by atoms with Gasteiger partial charge in [0.1, 0.15) is 26.9 Å². The van der Waals surface area contributed by atoms with Gasteiger partial charge in [0.25, 0.3) is 11.8 Å². The molecule has 7 nitrogen and oxygen atoms in total. The lowest BCUT2D eigenvalue weighted by atomic mass is 10.0. The van der Waals surface area contributed by atoms with Gasteiger partial charge in [-0.25, -0.2) is 9.37 Å². The Morgan fingerprint density at radius 1 is 1.21 bits per heavy atom. The monoisotopic (exact) mass is 511 g/mol. The van der Waals surface area contributed by atoms with Crippen LogP contribution >= 0.6 is 22.9 Å². The number of halogens is 5. The first-order valence-electron chi connectivity index (χ1n) is 9.49. The van der Waals surface area contributed by atoms with Gasteiger partial charge in [-0.2, -0.15) is 18.3 Å². The molecule has 0 aliphatic rings. The van der Waals surface area contributed by atoms with E-state index in [0.717, 1.165) is 18.2 Å². The molecule has 2 amide bonds. The van der Waals surface area contributed by atoms with E-state index < -0.39 is 29.5 Å². The van der Waals surface area contributed by atoms with Crippen molar-refractivity contribution in [1.82, 2.24) is 14.8 Å². The number of carbonyl (C=O) groups excluding carboxylic acids is 2. The Morgan fingerprint density at radius 2 is 1.85 bits per heavy atom. The van der Waals surface area contributed by atoms with Gasteiger partial charge in [-0.1, -0.05) is 23.7 Å². The van der Waals surface area contributed by atoms with E-state index >= 15 is 0 Å². The number of carbonyl (C=O) groups is 2. The highest BCUT2D eigenvalue weighted by molar-refractivity contribution is 7.21. The van der Waals surface area contributed by atoms with Crippen molar-refractivity contribution in [3.63, 3.8) is 0 Å². The number of primary amides is 1. The van der Waals surface area contributed by atoms with E-state index in [1.807, 2.05) is 0 Å². The summed E-state index contributed by atoms with van der Waals surface area (Å²) in [6, 6.07) is 5.47. The van der Waals surface area contributed by atoms with Gasteiger partial charge >= 0.3 is 6.18 Å².